The Balaban J connectivity index is 1.49. The Hall–Kier alpha value is -2.79. The second-order valence-corrected chi connectivity index (χ2v) is 7.49. The first-order valence-electron chi connectivity index (χ1n) is 9.92. The molecule has 0 unspecified atom stereocenters. The van der Waals surface area contributed by atoms with Crippen molar-refractivity contribution >= 4 is 11.0 Å². The quantitative estimate of drug-likeness (QED) is 0.647. The molecule has 0 amide bonds. The molecule has 2 aromatic carbocycles. The van der Waals surface area contributed by atoms with Gasteiger partial charge in [-0.1, -0.05) is 30.7 Å². The highest BCUT2D eigenvalue weighted by Crippen LogP contribution is 2.34. The van der Waals surface area contributed by atoms with Gasteiger partial charge in [0.15, 0.2) is 16.8 Å². The molecule has 2 heterocycles. The molecule has 5 heteroatoms. The van der Waals surface area contributed by atoms with E-state index in [9.17, 15) is 15.0 Å². The molecule has 146 valence electrons. The zero-order valence-electron chi connectivity index (χ0n) is 15.9. The third kappa shape index (κ3) is 3.90. The van der Waals surface area contributed by atoms with Crippen LogP contribution in [0.2, 0.25) is 0 Å². The predicted octanol–water partition coefficient (Wildman–Crippen LogP) is 4.29. The second kappa shape index (κ2) is 8.07. The summed E-state index contributed by atoms with van der Waals surface area (Å²) in [5.41, 5.74) is 1.77. The van der Waals surface area contributed by atoms with Crippen LogP contribution in [-0.2, 0) is 6.42 Å². The average molecular weight is 379 g/mol. The maximum Gasteiger partial charge on any atom is 0.201 e. The van der Waals surface area contributed by atoms with Crippen LogP contribution >= 0.6 is 0 Å². The number of benzene rings is 2. The van der Waals surface area contributed by atoms with Gasteiger partial charge in [0.25, 0.3) is 0 Å². The van der Waals surface area contributed by atoms with Crippen molar-refractivity contribution in [3.8, 4) is 22.8 Å². The van der Waals surface area contributed by atoms with Gasteiger partial charge in [-0.05, 0) is 63.0 Å². The summed E-state index contributed by atoms with van der Waals surface area (Å²) < 4.78 is 5.72. The standard InChI is InChI=1S/C23H25NO4/c25-19-11-10-18-20(26)15-21(28-23(18)22(19)27)17-8-6-16(7-9-17)5-4-14-24-12-2-1-3-13-24/h6-11,15,25,27H,1-5,12-14H2. The lowest BCUT2D eigenvalue weighted by Crippen LogP contribution is -2.30. The summed E-state index contributed by atoms with van der Waals surface area (Å²) in [6.07, 6.45) is 6.16. The lowest BCUT2D eigenvalue weighted by Gasteiger charge is -2.26. The molecule has 4 rings (SSSR count). The molecule has 1 aliphatic heterocycles. The topological polar surface area (TPSA) is 73.9 Å². The minimum absolute atomic E-state index is 0.00751. The van der Waals surface area contributed by atoms with Crippen molar-refractivity contribution in [3.63, 3.8) is 0 Å². The summed E-state index contributed by atoms with van der Waals surface area (Å²) in [5, 5.41) is 19.9. The van der Waals surface area contributed by atoms with Gasteiger partial charge in [0.05, 0.1) is 5.39 Å². The van der Waals surface area contributed by atoms with Crippen LogP contribution in [0.5, 0.6) is 11.5 Å². The van der Waals surface area contributed by atoms with Crippen LogP contribution in [-0.4, -0.2) is 34.7 Å². The van der Waals surface area contributed by atoms with Crippen molar-refractivity contribution in [2.45, 2.75) is 32.1 Å². The van der Waals surface area contributed by atoms with E-state index in [1.165, 1.54) is 56.1 Å². The lowest BCUT2D eigenvalue weighted by molar-refractivity contribution is 0.226. The summed E-state index contributed by atoms with van der Waals surface area (Å²) in [6, 6.07) is 12.1. The molecule has 28 heavy (non-hydrogen) atoms. The highest BCUT2D eigenvalue weighted by Gasteiger charge is 2.13. The van der Waals surface area contributed by atoms with Crippen molar-refractivity contribution in [2.24, 2.45) is 0 Å². The van der Waals surface area contributed by atoms with E-state index in [-0.39, 0.29) is 22.1 Å². The largest absolute Gasteiger partial charge is 0.504 e. The first-order chi connectivity index (χ1) is 13.6. The monoisotopic (exact) mass is 379 g/mol. The first kappa shape index (κ1) is 18.6. The number of aryl methyl sites for hydroxylation is 1. The van der Waals surface area contributed by atoms with E-state index in [1.54, 1.807) is 0 Å². The van der Waals surface area contributed by atoms with Gasteiger partial charge in [0.1, 0.15) is 5.76 Å². The van der Waals surface area contributed by atoms with Gasteiger partial charge in [-0.2, -0.15) is 0 Å². The van der Waals surface area contributed by atoms with Crippen molar-refractivity contribution in [1.29, 1.82) is 0 Å². The lowest BCUT2D eigenvalue weighted by atomic mass is 10.0. The van der Waals surface area contributed by atoms with E-state index < -0.39 is 5.75 Å². The Kier molecular flexibility index (Phi) is 5.35. The van der Waals surface area contributed by atoms with Gasteiger partial charge < -0.3 is 19.5 Å². The normalized spacial score (nSPS) is 15.1. The number of hydrogen-bond acceptors (Lipinski definition) is 5. The number of hydrogen-bond donors (Lipinski definition) is 2. The average Bonchev–Trinajstić information content (AvgIpc) is 2.72. The van der Waals surface area contributed by atoms with Crippen molar-refractivity contribution < 1.29 is 14.6 Å². The molecule has 5 nitrogen and oxygen atoms in total. The SMILES string of the molecule is O=c1cc(-c2ccc(CCCN3CCCCC3)cc2)oc2c(O)c(O)ccc12. The van der Waals surface area contributed by atoms with Gasteiger partial charge in [0, 0.05) is 11.6 Å². The Bertz CT molecular complexity index is 1020. The number of phenols is 2. The number of aromatic hydroxyl groups is 2. The zero-order valence-corrected chi connectivity index (χ0v) is 15.9. The van der Waals surface area contributed by atoms with E-state index in [0.29, 0.717) is 5.76 Å². The van der Waals surface area contributed by atoms with Crippen LogP contribution in [0, 0.1) is 0 Å². The smallest absolute Gasteiger partial charge is 0.201 e. The predicted molar refractivity (Wildman–Crippen MR) is 110 cm³/mol. The zero-order chi connectivity index (χ0) is 19.5. The van der Waals surface area contributed by atoms with Crippen molar-refractivity contribution in [3.05, 3.63) is 58.3 Å². The Morgan fingerprint density at radius 3 is 2.46 bits per heavy atom. The first-order valence-corrected chi connectivity index (χ1v) is 9.92. The highest BCUT2D eigenvalue weighted by molar-refractivity contribution is 5.86. The summed E-state index contributed by atoms with van der Waals surface area (Å²) in [4.78, 5) is 14.9. The van der Waals surface area contributed by atoms with Crippen LogP contribution in [0.25, 0.3) is 22.3 Å². The minimum Gasteiger partial charge on any atom is -0.504 e. The Morgan fingerprint density at radius 2 is 1.71 bits per heavy atom. The number of piperidine rings is 1. The van der Waals surface area contributed by atoms with Gasteiger partial charge in [-0.3, -0.25) is 4.79 Å². The van der Waals surface area contributed by atoms with Crippen molar-refractivity contribution in [2.75, 3.05) is 19.6 Å². The van der Waals surface area contributed by atoms with Gasteiger partial charge in [-0.25, -0.2) is 0 Å². The summed E-state index contributed by atoms with van der Waals surface area (Å²) in [6.45, 7) is 3.59. The van der Waals surface area contributed by atoms with Crippen LogP contribution in [0.3, 0.4) is 0 Å². The number of fused-ring (bicyclic) bond motifs is 1. The molecule has 0 radical (unpaired) electrons. The minimum atomic E-state index is -0.411. The van der Waals surface area contributed by atoms with Gasteiger partial charge in [0.2, 0.25) is 5.75 Å². The molecule has 1 aromatic heterocycles. The van der Waals surface area contributed by atoms with Crippen LogP contribution in [0.15, 0.2) is 51.7 Å². The number of likely N-dealkylation sites (tertiary alicyclic amines) is 1. The van der Waals surface area contributed by atoms with E-state index in [2.05, 4.69) is 17.0 Å². The summed E-state index contributed by atoms with van der Waals surface area (Å²) >= 11 is 0. The fourth-order valence-electron chi connectivity index (χ4n) is 3.86. The molecular formula is C23H25NO4. The van der Waals surface area contributed by atoms with Crippen LogP contribution in [0.4, 0.5) is 0 Å². The van der Waals surface area contributed by atoms with Crippen LogP contribution < -0.4 is 5.43 Å². The Labute approximate surface area is 163 Å². The number of nitrogens with zero attached hydrogens (tertiary/aromatic N) is 1. The molecule has 1 saturated heterocycles. The molecule has 0 aliphatic carbocycles. The molecule has 0 saturated carbocycles. The van der Waals surface area contributed by atoms with Gasteiger partial charge in [-0.15, -0.1) is 0 Å². The number of rotatable bonds is 5. The Morgan fingerprint density at radius 1 is 0.964 bits per heavy atom. The molecule has 0 atom stereocenters. The molecule has 2 N–H and O–H groups in total. The van der Waals surface area contributed by atoms with Crippen LogP contribution in [0.1, 0.15) is 31.2 Å². The highest BCUT2D eigenvalue weighted by atomic mass is 16.4. The maximum absolute atomic E-state index is 12.3. The summed E-state index contributed by atoms with van der Waals surface area (Å²) in [7, 11) is 0. The molecule has 0 spiro atoms. The van der Waals surface area contributed by atoms with E-state index in [1.807, 2.05) is 12.1 Å². The van der Waals surface area contributed by atoms with E-state index >= 15 is 0 Å². The van der Waals surface area contributed by atoms with E-state index in [0.717, 1.165) is 24.9 Å². The van der Waals surface area contributed by atoms with E-state index in [4.69, 9.17) is 4.42 Å². The third-order valence-corrected chi connectivity index (χ3v) is 5.48. The molecular weight excluding hydrogens is 354 g/mol. The third-order valence-electron chi connectivity index (χ3n) is 5.48. The number of phenolic OH excluding ortho intramolecular Hbond substituents is 2. The molecule has 1 fully saturated rings. The second-order valence-electron chi connectivity index (χ2n) is 7.49. The fraction of sp³-hybridized carbons (Fsp3) is 0.348. The van der Waals surface area contributed by atoms with Crippen molar-refractivity contribution in [1.82, 2.24) is 4.90 Å². The summed E-state index contributed by atoms with van der Waals surface area (Å²) in [5.74, 6) is -0.346. The fourth-order valence-corrected chi connectivity index (χ4v) is 3.86. The molecule has 3 aromatic rings. The van der Waals surface area contributed by atoms with Gasteiger partial charge >= 0.3 is 0 Å². The molecule has 1 aliphatic rings. The maximum atomic E-state index is 12.3. The molecule has 0 bridgehead atoms.